The molecule has 9 nitrogen and oxygen atoms in total. The van der Waals surface area contributed by atoms with Crippen LogP contribution in [-0.2, 0) is 19.6 Å². The van der Waals surface area contributed by atoms with E-state index in [2.05, 4.69) is 24.6 Å². The van der Waals surface area contributed by atoms with E-state index in [1.807, 2.05) is 0 Å². The Morgan fingerprint density at radius 1 is 1.26 bits per heavy atom. The molecule has 12 heteroatoms. The van der Waals surface area contributed by atoms with Gasteiger partial charge in [0, 0.05) is 30.8 Å². The fourth-order valence-electron chi connectivity index (χ4n) is 3.39. The summed E-state index contributed by atoms with van der Waals surface area (Å²) in [5.74, 6) is -2.33. The number of hydrogen-bond acceptors (Lipinski definition) is 7. The number of alkyl halides is 3. The molecule has 3 N–H and O–H groups in total. The zero-order valence-electron chi connectivity index (χ0n) is 16.0. The molecule has 0 saturated heterocycles. The standard InChI is InChI=1S/C19H15F3N6O3/c1-28-14-8-25-13(7-11(14)10(3-5-29)15(28)16(23)30)12-6-9(2-4-24-12)17-26-18(31-27-17)19(20,21)22/h2,4,6-8,29H,3,5H2,1H3,(H2,23,30). The Morgan fingerprint density at radius 3 is 2.65 bits per heavy atom. The van der Waals surface area contributed by atoms with E-state index in [4.69, 9.17) is 5.73 Å². The summed E-state index contributed by atoms with van der Waals surface area (Å²) in [4.78, 5) is 23.8. The van der Waals surface area contributed by atoms with Crippen molar-refractivity contribution in [3.63, 3.8) is 0 Å². The second kappa shape index (κ2) is 7.47. The van der Waals surface area contributed by atoms with Crippen LogP contribution in [0.15, 0.2) is 35.1 Å². The van der Waals surface area contributed by atoms with Crippen molar-refractivity contribution in [2.75, 3.05) is 6.61 Å². The number of aliphatic hydroxyl groups is 1. The lowest BCUT2D eigenvalue weighted by atomic mass is 10.1. The van der Waals surface area contributed by atoms with Gasteiger partial charge in [-0.15, -0.1) is 0 Å². The normalized spacial score (nSPS) is 11.9. The van der Waals surface area contributed by atoms with Gasteiger partial charge in [-0.05, 0) is 30.2 Å². The van der Waals surface area contributed by atoms with Gasteiger partial charge in [-0.25, -0.2) is 0 Å². The maximum Gasteiger partial charge on any atom is 0.471 e. The molecule has 0 saturated carbocycles. The molecule has 0 aromatic carbocycles. The summed E-state index contributed by atoms with van der Waals surface area (Å²) in [5, 5.41) is 13.4. The van der Waals surface area contributed by atoms with Crippen LogP contribution in [0.1, 0.15) is 21.9 Å². The Bertz CT molecular complexity index is 1300. The first-order valence-electron chi connectivity index (χ1n) is 8.96. The molecule has 0 aliphatic rings. The molecule has 160 valence electrons. The number of halogens is 3. The molecule has 0 unspecified atom stereocenters. The van der Waals surface area contributed by atoms with E-state index in [0.29, 0.717) is 27.9 Å². The Morgan fingerprint density at radius 2 is 2.00 bits per heavy atom. The van der Waals surface area contributed by atoms with Gasteiger partial charge in [-0.1, -0.05) is 5.16 Å². The first-order valence-corrected chi connectivity index (χ1v) is 8.96. The average Bonchev–Trinajstić information content (AvgIpc) is 3.32. The van der Waals surface area contributed by atoms with Crippen molar-refractivity contribution in [2.45, 2.75) is 12.6 Å². The van der Waals surface area contributed by atoms with E-state index < -0.39 is 18.0 Å². The molecular formula is C19H15F3N6O3. The van der Waals surface area contributed by atoms with Crippen LogP contribution in [0, 0.1) is 0 Å². The molecule has 0 radical (unpaired) electrons. The summed E-state index contributed by atoms with van der Waals surface area (Å²) in [6.07, 6.45) is -1.63. The minimum atomic E-state index is -4.75. The molecular weight excluding hydrogens is 417 g/mol. The van der Waals surface area contributed by atoms with Crippen LogP contribution in [0.2, 0.25) is 0 Å². The summed E-state index contributed by atoms with van der Waals surface area (Å²) in [7, 11) is 1.66. The maximum absolute atomic E-state index is 12.7. The molecule has 0 atom stereocenters. The van der Waals surface area contributed by atoms with Crippen molar-refractivity contribution >= 4 is 16.8 Å². The van der Waals surface area contributed by atoms with Crippen LogP contribution in [0.4, 0.5) is 13.2 Å². The van der Waals surface area contributed by atoms with Crippen molar-refractivity contribution < 1.29 is 27.6 Å². The van der Waals surface area contributed by atoms with Gasteiger partial charge in [0.2, 0.25) is 5.82 Å². The van der Waals surface area contributed by atoms with Crippen LogP contribution >= 0.6 is 0 Å². The fraction of sp³-hybridized carbons (Fsp3) is 0.211. The van der Waals surface area contributed by atoms with Crippen molar-refractivity contribution in [3.8, 4) is 22.8 Å². The highest BCUT2D eigenvalue weighted by atomic mass is 19.4. The highest BCUT2D eigenvalue weighted by molar-refractivity contribution is 6.01. The number of carbonyl (C=O) groups excluding carboxylic acids is 1. The third-order valence-electron chi connectivity index (χ3n) is 4.73. The van der Waals surface area contributed by atoms with Crippen molar-refractivity contribution in [2.24, 2.45) is 12.8 Å². The molecule has 0 aliphatic heterocycles. The Hall–Kier alpha value is -3.80. The lowest BCUT2D eigenvalue weighted by Crippen LogP contribution is -2.17. The van der Waals surface area contributed by atoms with Crippen LogP contribution < -0.4 is 5.73 Å². The van der Waals surface area contributed by atoms with Gasteiger partial charge in [-0.2, -0.15) is 18.2 Å². The number of primary amides is 1. The van der Waals surface area contributed by atoms with E-state index >= 15 is 0 Å². The molecule has 0 spiro atoms. The zero-order valence-corrected chi connectivity index (χ0v) is 16.0. The Balaban J connectivity index is 1.81. The van der Waals surface area contributed by atoms with Gasteiger partial charge in [0.1, 0.15) is 5.69 Å². The second-order valence-electron chi connectivity index (χ2n) is 6.66. The quantitative estimate of drug-likeness (QED) is 0.494. The van der Waals surface area contributed by atoms with Gasteiger partial charge in [-0.3, -0.25) is 14.8 Å². The number of nitrogens with two attached hydrogens (primary N) is 1. The average molecular weight is 432 g/mol. The minimum absolute atomic E-state index is 0.190. The number of nitrogens with zero attached hydrogens (tertiary/aromatic N) is 5. The monoisotopic (exact) mass is 432 g/mol. The molecule has 1 amide bonds. The number of aliphatic hydroxyl groups excluding tert-OH is 1. The molecule has 0 aliphatic carbocycles. The number of pyridine rings is 2. The number of aromatic nitrogens is 5. The van der Waals surface area contributed by atoms with Crippen molar-refractivity contribution in [1.82, 2.24) is 24.7 Å². The molecule has 4 rings (SSSR count). The van der Waals surface area contributed by atoms with Gasteiger partial charge < -0.3 is 19.9 Å². The van der Waals surface area contributed by atoms with E-state index in [-0.39, 0.29) is 30.1 Å². The smallest absolute Gasteiger partial charge is 0.396 e. The number of carbonyl (C=O) groups is 1. The maximum atomic E-state index is 12.7. The first kappa shape index (κ1) is 20.5. The predicted octanol–water partition coefficient (Wildman–Crippen LogP) is 2.34. The third kappa shape index (κ3) is 3.61. The van der Waals surface area contributed by atoms with Gasteiger partial charge in [0.05, 0.1) is 23.1 Å². The van der Waals surface area contributed by atoms with Crippen molar-refractivity contribution in [1.29, 1.82) is 0 Å². The minimum Gasteiger partial charge on any atom is -0.396 e. The van der Waals surface area contributed by atoms with Crippen molar-refractivity contribution in [3.05, 3.63) is 47.7 Å². The number of amides is 1. The van der Waals surface area contributed by atoms with Crippen LogP contribution in [0.3, 0.4) is 0 Å². The Kier molecular flexibility index (Phi) is 4.93. The lowest BCUT2D eigenvalue weighted by Gasteiger charge is -2.04. The van der Waals surface area contributed by atoms with Gasteiger partial charge in [0.15, 0.2) is 0 Å². The fourth-order valence-corrected chi connectivity index (χ4v) is 3.39. The summed E-state index contributed by atoms with van der Waals surface area (Å²) in [6.45, 7) is -0.190. The third-order valence-corrected chi connectivity index (χ3v) is 4.73. The topological polar surface area (TPSA) is 133 Å². The van der Waals surface area contributed by atoms with Crippen LogP contribution in [0.5, 0.6) is 0 Å². The van der Waals surface area contributed by atoms with E-state index in [9.17, 15) is 23.1 Å². The zero-order chi connectivity index (χ0) is 22.3. The number of aryl methyl sites for hydroxylation is 1. The van der Waals surface area contributed by atoms with E-state index in [1.165, 1.54) is 24.5 Å². The molecule has 0 fully saturated rings. The highest BCUT2D eigenvalue weighted by Crippen LogP contribution is 2.31. The lowest BCUT2D eigenvalue weighted by molar-refractivity contribution is -0.159. The largest absolute Gasteiger partial charge is 0.471 e. The van der Waals surface area contributed by atoms with E-state index in [0.717, 1.165) is 0 Å². The Labute approximate surface area is 172 Å². The van der Waals surface area contributed by atoms with E-state index in [1.54, 1.807) is 17.7 Å². The SMILES string of the molecule is Cn1c(C(N)=O)c(CCO)c2cc(-c3cc(-c4noc(C(F)(F)F)n4)ccn3)ncc21. The molecule has 4 aromatic rings. The van der Waals surface area contributed by atoms with Gasteiger partial charge >= 0.3 is 12.1 Å². The second-order valence-corrected chi connectivity index (χ2v) is 6.66. The number of fused-ring (bicyclic) bond motifs is 1. The van der Waals surface area contributed by atoms with Crippen LogP contribution in [-0.4, -0.2) is 42.3 Å². The molecule has 0 bridgehead atoms. The molecule has 4 heterocycles. The summed E-state index contributed by atoms with van der Waals surface area (Å²) < 4.78 is 44.1. The number of hydrogen-bond donors (Lipinski definition) is 2. The van der Waals surface area contributed by atoms with Gasteiger partial charge in [0.25, 0.3) is 5.91 Å². The summed E-state index contributed by atoms with van der Waals surface area (Å²) in [6, 6.07) is 4.59. The predicted molar refractivity (Wildman–Crippen MR) is 102 cm³/mol. The molecule has 4 aromatic heterocycles. The first-order chi connectivity index (χ1) is 14.7. The highest BCUT2D eigenvalue weighted by Gasteiger charge is 2.38. The van der Waals surface area contributed by atoms with Crippen LogP contribution in [0.25, 0.3) is 33.7 Å². The number of rotatable bonds is 5. The summed E-state index contributed by atoms with van der Waals surface area (Å²) >= 11 is 0. The molecule has 31 heavy (non-hydrogen) atoms. The summed E-state index contributed by atoms with van der Waals surface area (Å²) in [5.41, 5.74) is 7.96.